The first-order chi connectivity index (χ1) is 9.25. The van der Waals surface area contributed by atoms with Crippen LogP contribution in [0.25, 0.3) is 0 Å². The zero-order valence-corrected chi connectivity index (χ0v) is 11.3. The first kappa shape index (κ1) is 12.4. The summed E-state index contributed by atoms with van der Waals surface area (Å²) in [6, 6.07) is 18.9. The van der Waals surface area contributed by atoms with E-state index in [-0.39, 0.29) is 6.10 Å². The lowest BCUT2D eigenvalue weighted by Crippen LogP contribution is -2.14. The molecule has 1 N–H and O–H groups in total. The van der Waals surface area contributed by atoms with Crippen LogP contribution in [0, 0.1) is 12.8 Å². The highest BCUT2D eigenvalue weighted by atomic mass is 16.3. The maximum atomic E-state index is 10.4. The van der Waals surface area contributed by atoms with E-state index in [9.17, 15) is 5.11 Å². The summed E-state index contributed by atoms with van der Waals surface area (Å²) in [4.78, 5) is 0. The quantitative estimate of drug-likeness (QED) is 0.879. The Balaban J connectivity index is 1.64. The molecule has 19 heavy (non-hydrogen) atoms. The van der Waals surface area contributed by atoms with Gasteiger partial charge in [-0.1, -0.05) is 54.6 Å². The third-order valence-electron chi connectivity index (χ3n) is 4.25. The number of hydrogen-bond donors (Lipinski definition) is 1. The number of rotatable bonds is 4. The van der Waals surface area contributed by atoms with Crippen LogP contribution in [0.4, 0.5) is 0 Å². The van der Waals surface area contributed by atoms with Gasteiger partial charge in [0.05, 0.1) is 6.10 Å². The molecule has 2 aromatic rings. The van der Waals surface area contributed by atoms with Crippen LogP contribution in [0.1, 0.15) is 29.0 Å². The Bertz CT molecular complexity index is 547. The second kappa shape index (κ2) is 5.18. The zero-order valence-electron chi connectivity index (χ0n) is 11.3. The number of aryl methyl sites for hydroxylation is 1. The van der Waals surface area contributed by atoms with Gasteiger partial charge in [0.15, 0.2) is 0 Å². The average Bonchev–Trinajstić information content (AvgIpc) is 3.23. The van der Waals surface area contributed by atoms with Crippen LogP contribution in [0.2, 0.25) is 0 Å². The highest BCUT2D eigenvalue weighted by molar-refractivity contribution is 5.29. The second-order valence-corrected chi connectivity index (χ2v) is 5.61. The van der Waals surface area contributed by atoms with Crippen LogP contribution >= 0.6 is 0 Å². The fourth-order valence-corrected chi connectivity index (χ4v) is 2.94. The summed E-state index contributed by atoms with van der Waals surface area (Å²) in [5, 5.41) is 10.4. The Morgan fingerprint density at radius 1 is 1.05 bits per heavy atom. The minimum absolute atomic E-state index is 0.216. The van der Waals surface area contributed by atoms with E-state index < -0.39 is 0 Å². The molecule has 1 heteroatoms. The highest BCUT2D eigenvalue weighted by Crippen LogP contribution is 2.50. The van der Waals surface area contributed by atoms with Gasteiger partial charge in [0.2, 0.25) is 0 Å². The lowest BCUT2D eigenvalue weighted by Gasteiger charge is -2.12. The molecule has 0 aliphatic heterocycles. The maximum absolute atomic E-state index is 10.4. The first-order valence-electron chi connectivity index (χ1n) is 7.03. The highest BCUT2D eigenvalue weighted by Gasteiger charge is 2.43. The van der Waals surface area contributed by atoms with Crippen molar-refractivity contribution in [2.45, 2.75) is 31.8 Å². The van der Waals surface area contributed by atoms with Crippen LogP contribution < -0.4 is 0 Å². The predicted octanol–water partition coefficient (Wildman–Crippen LogP) is 3.70. The molecule has 0 saturated heterocycles. The Morgan fingerprint density at radius 3 is 2.47 bits per heavy atom. The van der Waals surface area contributed by atoms with Gasteiger partial charge in [-0.05, 0) is 48.3 Å². The van der Waals surface area contributed by atoms with Crippen molar-refractivity contribution in [1.29, 1.82) is 0 Å². The van der Waals surface area contributed by atoms with Gasteiger partial charge >= 0.3 is 0 Å². The summed E-state index contributed by atoms with van der Waals surface area (Å²) in [6.45, 7) is 2.11. The molecule has 3 atom stereocenters. The summed E-state index contributed by atoms with van der Waals surface area (Å²) < 4.78 is 0. The Kier molecular flexibility index (Phi) is 3.39. The van der Waals surface area contributed by atoms with Crippen molar-refractivity contribution in [2.24, 2.45) is 5.92 Å². The Morgan fingerprint density at radius 2 is 1.74 bits per heavy atom. The Labute approximate surface area is 114 Å². The van der Waals surface area contributed by atoms with Gasteiger partial charge < -0.3 is 5.11 Å². The molecule has 0 heterocycles. The molecular weight excluding hydrogens is 232 g/mol. The summed E-state index contributed by atoms with van der Waals surface area (Å²) in [6.07, 6.45) is 1.68. The summed E-state index contributed by atoms with van der Waals surface area (Å²) >= 11 is 0. The smallest absolute Gasteiger partial charge is 0.0614 e. The molecule has 0 radical (unpaired) electrons. The molecule has 1 nitrogen and oxygen atoms in total. The van der Waals surface area contributed by atoms with Crippen molar-refractivity contribution < 1.29 is 5.11 Å². The first-order valence-corrected chi connectivity index (χ1v) is 7.03. The number of hydrogen-bond acceptors (Lipinski definition) is 1. The molecule has 0 bridgehead atoms. The lowest BCUT2D eigenvalue weighted by atomic mass is 9.98. The average molecular weight is 252 g/mol. The largest absolute Gasteiger partial charge is 0.392 e. The van der Waals surface area contributed by atoms with E-state index in [1.807, 2.05) is 6.07 Å². The molecule has 0 aromatic heterocycles. The summed E-state index contributed by atoms with van der Waals surface area (Å²) in [5.74, 6) is 0.988. The molecule has 2 aromatic carbocycles. The van der Waals surface area contributed by atoms with E-state index in [4.69, 9.17) is 0 Å². The molecule has 1 aliphatic carbocycles. The molecule has 0 amide bonds. The predicted molar refractivity (Wildman–Crippen MR) is 78.2 cm³/mol. The van der Waals surface area contributed by atoms with Crippen molar-refractivity contribution in [3.05, 3.63) is 71.3 Å². The second-order valence-electron chi connectivity index (χ2n) is 5.61. The van der Waals surface area contributed by atoms with E-state index in [0.29, 0.717) is 11.8 Å². The van der Waals surface area contributed by atoms with E-state index in [1.165, 1.54) is 16.7 Å². The maximum Gasteiger partial charge on any atom is 0.0614 e. The van der Waals surface area contributed by atoms with Crippen LogP contribution in [-0.4, -0.2) is 11.2 Å². The molecule has 0 spiro atoms. The van der Waals surface area contributed by atoms with Crippen LogP contribution in [0.15, 0.2) is 54.6 Å². The van der Waals surface area contributed by atoms with Crippen LogP contribution in [0.5, 0.6) is 0 Å². The van der Waals surface area contributed by atoms with Crippen LogP contribution in [-0.2, 0) is 6.42 Å². The van der Waals surface area contributed by atoms with Gasteiger partial charge in [-0.25, -0.2) is 0 Å². The molecule has 1 aliphatic rings. The zero-order chi connectivity index (χ0) is 13.2. The lowest BCUT2D eigenvalue weighted by molar-refractivity contribution is 0.149. The number of aliphatic hydroxyl groups is 1. The van der Waals surface area contributed by atoms with Crippen molar-refractivity contribution >= 4 is 0 Å². The molecule has 1 saturated carbocycles. The number of aliphatic hydroxyl groups excluding tert-OH is 1. The summed E-state index contributed by atoms with van der Waals surface area (Å²) in [5.41, 5.74) is 3.92. The van der Waals surface area contributed by atoms with E-state index in [2.05, 4.69) is 55.5 Å². The number of benzene rings is 2. The molecular formula is C18H20O. The van der Waals surface area contributed by atoms with E-state index >= 15 is 0 Å². The van der Waals surface area contributed by atoms with Gasteiger partial charge in [0.1, 0.15) is 0 Å². The summed E-state index contributed by atoms with van der Waals surface area (Å²) in [7, 11) is 0. The fraction of sp³-hybridized carbons (Fsp3) is 0.333. The van der Waals surface area contributed by atoms with E-state index in [1.54, 1.807) is 0 Å². The molecule has 98 valence electrons. The van der Waals surface area contributed by atoms with E-state index in [0.717, 1.165) is 12.8 Å². The molecule has 3 unspecified atom stereocenters. The van der Waals surface area contributed by atoms with Gasteiger partial charge in [-0.15, -0.1) is 0 Å². The third kappa shape index (κ3) is 2.71. The van der Waals surface area contributed by atoms with Crippen molar-refractivity contribution in [1.82, 2.24) is 0 Å². The molecule has 3 rings (SSSR count). The monoisotopic (exact) mass is 252 g/mol. The molecule has 1 fully saturated rings. The standard InChI is InChI=1S/C18H20O/c1-13-7-5-6-10-15(13)11-18(19)17-12-16(17)14-8-3-2-4-9-14/h2-10,16-19H,11-12H2,1H3. The third-order valence-corrected chi connectivity index (χ3v) is 4.25. The van der Waals surface area contributed by atoms with Gasteiger partial charge in [-0.3, -0.25) is 0 Å². The Hall–Kier alpha value is -1.60. The fourth-order valence-electron chi connectivity index (χ4n) is 2.94. The van der Waals surface area contributed by atoms with Crippen LogP contribution in [0.3, 0.4) is 0 Å². The minimum Gasteiger partial charge on any atom is -0.392 e. The van der Waals surface area contributed by atoms with Crippen molar-refractivity contribution in [3.63, 3.8) is 0 Å². The SMILES string of the molecule is Cc1ccccc1CC(O)C1CC1c1ccccc1. The van der Waals surface area contributed by atoms with Crippen molar-refractivity contribution in [2.75, 3.05) is 0 Å². The van der Waals surface area contributed by atoms with Gasteiger partial charge in [0, 0.05) is 0 Å². The topological polar surface area (TPSA) is 20.2 Å². The van der Waals surface area contributed by atoms with Crippen molar-refractivity contribution in [3.8, 4) is 0 Å². The normalized spacial score (nSPS) is 23.1. The van der Waals surface area contributed by atoms with Gasteiger partial charge in [0.25, 0.3) is 0 Å². The minimum atomic E-state index is -0.216. The van der Waals surface area contributed by atoms with Gasteiger partial charge in [-0.2, -0.15) is 0 Å².